The van der Waals surface area contributed by atoms with Crippen LogP contribution in [0.1, 0.15) is 35.8 Å². The third-order valence-corrected chi connectivity index (χ3v) is 6.04. The van der Waals surface area contributed by atoms with Crippen molar-refractivity contribution in [2.24, 2.45) is 11.8 Å². The van der Waals surface area contributed by atoms with Gasteiger partial charge in [-0.1, -0.05) is 60.7 Å². The third-order valence-electron chi connectivity index (χ3n) is 6.04. The standard InChI is InChI=1S/C24H26F2N2O2/c25-22(26)15-28(24(30)21-14-19(21)17-9-5-2-6-10-17)12-11-27-23(29)20-13-18(20)16-7-3-1-4-8-16/h1-10,18-22H,11-15H2,(H,27,29). The number of hydrogen-bond acceptors (Lipinski definition) is 2. The second-order valence-electron chi connectivity index (χ2n) is 8.19. The summed E-state index contributed by atoms with van der Waals surface area (Å²) in [5.41, 5.74) is 2.22. The van der Waals surface area contributed by atoms with E-state index in [2.05, 4.69) is 5.32 Å². The van der Waals surface area contributed by atoms with Gasteiger partial charge in [0.2, 0.25) is 11.8 Å². The lowest BCUT2D eigenvalue weighted by Gasteiger charge is -2.23. The highest BCUT2D eigenvalue weighted by Gasteiger charge is 2.46. The van der Waals surface area contributed by atoms with E-state index in [4.69, 9.17) is 0 Å². The number of carbonyl (C=O) groups is 2. The average Bonchev–Trinajstić information content (AvgIpc) is 3.67. The first-order chi connectivity index (χ1) is 14.5. The summed E-state index contributed by atoms with van der Waals surface area (Å²) in [7, 11) is 0. The van der Waals surface area contributed by atoms with E-state index in [9.17, 15) is 18.4 Å². The minimum Gasteiger partial charge on any atom is -0.354 e. The molecule has 158 valence electrons. The molecule has 2 fully saturated rings. The molecule has 0 saturated heterocycles. The molecular formula is C24H26F2N2O2. The maximum absolute atomic E-state index is 13.0. The number of hydrogen-bond donors (Lipinski definition) is 1. The molecule has 0 spiro atoms. The zero-order valence-corrected chi connectivity index (χ0v) is 16.7. The van der Waals surface area contributed by atoms with Crippen LogP contribution in [0.4, 0.5) is 8.78 Å². The third kappa shape index (κ3) is 4.86. The lowest BCUT2D eigenvalue weighted by atomic mass is 10.1. The first-order valence-corrected chi connectivity index (χ1v) is 10.5. The number of benzene rings is 2. The molecule has 2 aliphatic rings. The highest BCUT2D eigenvalue weighted by molar-refractivity contribution is 5.84. The second-order valence-corrected chi connectivity index (χ2v) is 8.19. The first kappa shape index (κ1) is 20.5. The van der Waals surface area contributed by atoms with E-state index in [1.54, 1.807) is 0 Å². The van der Waals surface area contributed by atoms with Crippen LogP contribution in [0.3, 0.4) is 0 Å². The summed E-state index contributed by atoms with van der Waals surface area (Å²) in [6.07, 6.45) is -1.10. The van der Waals surface area contributed by atoms with Crippen LogP contribution in [0.5, 0.6) is 0 Å². The molecule has 2 aromatic rings. The van der Waals surface area contributed by atoms with Crippen molar-refractivity contribution in [2.45, 2.75) is 31.1 Å². The van der Waals surface area contributed by atoms with Gasteiger partial charge in [-0.25, -0.2) is 8.78 Å². The Morgan fingerprint density at radius 3 is 2.00 bits per heavy atom. The van der Waals surface area contributed by atoms with Crippen LogP contribution in [0.2, 0.25) is 0 Å². The van der Waals surface area contributed by atoms with E-state index < -0.39 is 13.0 Å². The van der Waals surface area contributed by atoms with Gasteiger partial charge < -0.3 is 10.2 Å². The minimum atomic E-state index is -2.59. The van der Waals surface area contributed by atoms with Gasteiger partial charge in [0.25, 0.3) is 6.43 Å². The van der Waals surface area contributed by atoms with Crippen LogP contribution in [-0.4, -0.2) is 42.8 Å². The molecule has 6 heteroatoms. The molecule has 2 aliphatic carbocycles. The maximum atomic E-state index is 13.0. The van der Waals surface area contributed by atoms with E-state index in [-0.39, 0.29) is 48.6 Å². The van der Waals surface area contributed by atoms with Crippen molar-refractivity contribution in [2.75, 3.05) is 19.6 Å². The molecule has 2 saturated carbocycles. The largest absolute Gasteiger partial charge is 0.354 e. The summed E-state index contributed by atoms with van der Waals surface area (Å²) >= 11 is 0. The van der Waals surface area contributed by atoms with E-state index in [0.29, 0.717) is 6.42 Å². The number of nitrogens with zero attached hydrogens (tertiary/aromatic N) is 1. The molecule has 2 amide bonds. The number of carbonyl (C=O) groups excluding carboxylic acids is 2. The molecule has 0 heterocycles. The summed E-state index contributed by atoms with van der Waals surface area (Å²) < 4.78 is 26.1. The molecule has 0 radical (unpaired) electrons. The van der Waals surface area contributed by atoms with Gasteiger partial charge in [0.15, 0.2) is 0 Å². The molecule has 30 heavy (non-hydrogen) atoms. The van der Waals surface area contributed by atoms with Crippen molar-refractivity contribution < 1.29 is 18.4 Å². The Morgan fingerprint density at radius 1 is 0.900 bits per heavy atom. The van der Waals surface area contributed by atoms with Crippen LogP contribution >= 0.6 is 0 Å². The summed E-state index contributed by atoms with van der Waals surface area (Å²) in [4.78, 5) is 26.4. The van der Waals surface area contributed by atoms with Gasteiger partial charge in [0, 0.05) is 24.9 Å². The van der Waals surface area contributed by atoms with Gasteiger partial charge in [-0.05, 0) is 35.8 Å². The normalized spacial score (nSPS) is 24.4. The van der Waals surface area contributed by atoms with Gasteiger partial charge >= 0.3 is 0 Å². The number of alkyl halides is 2. The first-order valence-electron chi connectivity index (χ1n) is 10.5. The van der Waals surface area contributed by atoms with Crippen LogP contribution < -0.4 is 5.32 Å². The maximum Gasteiger partial charge on any atom is 0.255 e. The summed E-state index contributed by atoms with van der Waals surface area (Å²) in [5, 5.41) is 2.83. The summed E-state index contributed by atoms with van der Waals surface area (Å²) in [5.74, 6) is -0.297. The van der Waals surface area contributed by atoms with Crippen LogP contribution in [0.25, 0.3) is 0 Å². The number of rotatable bonds is 9. The molecule has 4 unspecified atom stereocenters. The highest BCUT2D eigenvalue weighted by Crippen LogP contribution is 2.48. The fourth-order valence-electron chi connectivity index (χ4n) is 4.23. The Balaban J connectivity index is 1.27. The van der Waals surface area contributed by atoms with Crippen molar-refractivity contribution >= 4 is 11.8 Å². The van der Waals surface area contributed by atoms with Crippen molar-refractivity contribution in [3.8, 4) is 0 Å². The van der Waals surface area contributed by atoms with Crippen LogP contribution in [0, 0.1) is 11.8 Å². The predicted octanol–water partition coefficient (Wildman–Crippen LogP) is 3.80. The Hall–Kier alpha value is -2.76. The topological polar surface area (TPSA) is 49.4 Å². The van der Waals surface area contributed by atoms with Gasteiger partial charge in [-0.3, -0.25) is 9.59 Å². The van der Waals surface area contributed by atoms with Gasteiger partial charge in [0.1, 0.15) is 0 Å². The zero-order chi connectivity index (χ0) is 21.1. The molecule has 0 aliphatic heterocycles. The number of halogens is 2. The Labute approximate surface area is 175 Å². The second kappa shape index (κ2) is 8.94. The van der Waals surface area contributed by atoms with Crippen molar-refractivity contribution in [1.29, 1.82) is 0 Å². The molecule has 0 aromatic heterocycles. The van der Waals surface area contributed by atoms with Crippen molar-refractivity contribution in [1.82, 2.24) is 10.2 Å². The molecule has 1 N–H and O–H groups in total. The van der Waals surface area contributed by atoms with Crippen molar-refractivity contribution in [3.05, 3.63) is 71.8 Å². The molecule has 4 atom stereocenters. The Bertz CT molecular complexity index is 875. The molecule has 4 rings (SSSR count). The summed E-state index contributed by atoms with van der Waals surface area (Å²) in [6.45, 7) is -0.295. The fourth-order valence-corrected chi connectivity index (χ4v) is 4.23. The number of nitrogens with one attached hydrogen (secondary N) is 1. The van der Waals surface area contributed by atoms with E-state index in [0.717, 1.165) is 17.5 Å². The lowest BCUT2D eigenvalue weighted by molar-refractivity contribution is -0.135. The summed E-state index contributed by atoms with van der Waals surface area (Å²) in [6, 6.07) is 19.6. The van der Waals surface area contributed by atoms with Crippen molar-refractivity contribution in [3.63, 3.8) is 0 Å². The fraction of sp³-hybridized carbons (Fsp3) is 0.417. The van der Waals surface area contributed by atoms with Crippen LogP contribution in [0.15, 0.2) is 60.7 Å². The van der Waals surface area contributed by atoms with E-state index in [1.807, 2.05) is 60.7 Å². The Morgan fingerprint density at radius 2 is 1.43 bits per heavy atom. The zero-order valence-electron chi connectivity index (χ0n) is 16.7. The molecule has 4 nitrogen and oxygen atoms in total. The quantitative estimate of drug-likeness (QED) is 0.681. The monoisotopic (exact) mass is 412 g/mol. The van der Waals surface area contributed by atoms with Gasteiger partial charge in [0.05, 0.1) is 6.54 Å². The lowest BCUT2D eigenvalue weighted by Crippen LogP contribution is -2.42. The van der Waals surface area contributed by atoms with Gasteiger partial charge in [-0.2, -0.15) is 0 Å². The molecule has 2 aromatic carbocycles. The van der Waals surface area contributed by atoms with E-state index in [1.165, 1.54) is 4.90 Å². The number of amides is 2. The smallest absolute Gasteiger partial charge is 0.255 e. The minimum absolute atomic E-state index is 0.0677. The van der Waals surface area contributed by atoms with Crippen LogP contribution in [-0.2, 0) is 9.59 Å². The molecular weight excluding hydrogens is 386 g/mol. The SMILES string of the molecule is O=C(NCCN(CC(F)F)C(=O)C1CC1c1ccccc1)C1CC1c1ccccc1. The Kier molecular flexibility index (Phi) is 6.11. The molecule has 0 bridgehead atoms. The predicted molar refractivity (Wildman–Crippen MR) is 110 cm³/mol. The van der Waals surface area contributed by atoms with Gasteiger partial charge in [-0.15, -0.1) is 0 Å². The van der Waals surface area contributed by atoms with E-state index >= 15 is 0 Å². The average molecular weight is 412 g/mol. The highest BCUT2D eigenvalue weighted by atomic mass is 19.3.